The number of benzene rings is 1. The van der Waals surface area contributed by atoms with Gasteiger partial charge in [0.1, 0.15) is 5.76 Å². The Kier molecular flexibility index (Phi) is 7.75. The summed E-state index contributed by atoms with van der Waals surface area (Å²) in [5.41, 5.74) is 4.08. The van der Waals surface area contributed by atoms with E-state index in [1.54, 1.807) is 12.3 Å². The van der Waals surface area contributed by atoms with E-state index < -0.39 is 11.6 Å². The molecule has 1 N–H and O–H groups in total. The maximum atomic E-state index is 13.9. The van der Waals surface area contributed by atoms with E-state index in [9.17, 15) is 18.4 Å². The number of carbonyl (C=O) groups is 2. The Labute approximate surface area is 257 Å². The van der Waals surface area contributed by atoms with Gasteiger partial charge in [0.25, 0.3) is 11.8 Å². The molecule has 3 aliphatic rings. The number of nitrogens with one attached hydrogen (secondary N) is 1. The molecule has 11 heteroatoms. The summed E-state index contributed by atoms with van der Waals surface area (Å²) in [6.07, 6.45) is 7.13. The van der Waals surface area contributed by atoms with E-state index in [0.29, 0.717) is 57.7 Å². The molecule has 1 unspecified atom stereocenters. The lowest BCUT2D eigenvalue weighted by atomic mass is 9.90. The third-order valence-electron chi connectivity index (χ3n) is 8.82. The molecule has 6 heterocycles. The molecule has 0 spiro atoms. The zero-order chi connectivity index (χ0) is 30.4. The third-order valence-corrected chi connectivity index (χ3v) is 9.92. The Balaban J connectivity index is 1.29. The largest absolute Gasteiger partial charge is 0.441 e. The first-order valence-corrected chi connectivity index (χ1v) is 15.9. The molecule has 2 amide bonds. The lowest BCUT2D eigenvalue weighted by Gasteiger charge is -2.22. The van der Waals surface area contributed by atoms with Crippen LogP contribution in [0.1, 0.15) is 80.9 Å². The van der Waals surface area contributed by atoms with E-state index in [-0.39, 0.29) is 24.4 Å². The fourth-order valence-corrected chi connectivity index (χ4v) is 7.55. The van der Waals surface area contributed by atoms with E-state index in [2.05, 4.69) is 10.3 Å². The highest BCUT2D eigenvalue weighted by atomic mass is 32.1. The Morgan fingerprint density at radius 2 is 1.93 bits per heavy atom. The molecule has 8 nitrogen and oxygen atoms in total. The molecule has 0 saturated carbocycles. The van der Waals surface area contributed by atoms with Crippen molar-refractivity contribution in [3.8, 4) is 21.9 Å². The molecular weight excluding hydrogens is 586 g/mol. The number of aryl methyl sites for hydroxylation is 2. The average Bonchev–Trinajstić information content (AvgIpc) is 3.84. The van der Waals surface area contributed by atoms with Crippen molar-refractivity contribution in [1.29, 1.82) is 0 Å². The molecule has 228 valence electrons. The molecule has 3 aliphatic heterocycles. The number of hydrogen-bond donors (Lipinski definition) is 1. The van der Waals surface area contributed by atoms with Crippen LogP contribution in [0.4, 0.5) is 8.78 Å². The van der Waals surface area contributed by atoms with Gasteiger partial charge in [-0.1, -0.05) is 6.07 Å². The first kappa shape index (κ1) is 28.8. The number of rotatable bonds is 8. The van der Waals surface area contributed by atoms with Gasteiger partial charge in [-0.05, 0) is 81.2 Å². The number of halogens is 2. The van der Waals surface area contributed by atoms with Crippen LogP contribution in [0.3, 0.4) is 0 Å². The fourth-order valence-electron chi connectivity index (χ4n) is 6.57. The summed E-state index contributed by atoms with van der Waals surface area (Å²) in [6, 6.07) is 7.06. The van der Waals surface area contributed by atoms with Crippen molar-refractivity contribution in [3.63, 3.8) is 0 Å². The fraction of sp³-hybridized carbons (Fsp3) is 0.394. The smallest absolute Gasteiger partial charge is 0.261 e. The summed E-state index contributed by atoms with van der Waals surface area (Å²) >= 11 is 1.27. The Hall–Kier alpha value is -3.96. The molecule has 0 radical (unpaired) electrons. The van der Waals surface area contributed by atoms with E-state index in [4.69, 9.17) is 14.1 Å². The molecular formula is C33H32F2N4O4S. The first-order valence-electron chi connectivity index (χ1n) is 15.1. The van der Waals surface area contributed by atoms with Crippen LogP contribution in [0, 0.1) is 24.5 Å². The number of nitrogens with zero attached hydrogens (tertiary/aromatic N) is 3. The van der Waals surface area contributed by atoms with E-state index >= 15 is 0 Å². The highest BCUT2D eigenvalue weighted by Crippen LogP contribution is 2.49. The van der Waals surface area contributed by atoms with Crippen LogP contribution in [0.2, 0.25) is 0 Å². The minimum absolute atomic E-state index is 0.0419. The molecule has 0 bridgehead atoms. The van der Waals surface area contributed by atoms with Crippen LogP contribution in [0.15, 0.2) is 40.9 Å². The minimum atomic E-state index is -0.964. The highest BCUT2D eigenvalue weighted by Gasteiger charge is 2.44. The van der Waals surface area contributed by atoms with Gasteiger partial charge in [0.15, 0.2) is 11.6 Å². The van der Waals surface area contributed by atoms with Crippen molar-refractivity contribution < 1.29 is 27.5 Å². The van der Waals surface area contributed by atoms with Crippen LogP contribution in [-0.2, 0) is 17.7 Å². The topological polar surface area (TPSA) is 97.6 Å². The molecule has 3 aromatic heterocycles. The second kappa shape index (κ2) is 11.9. The number of aromatic nitrogens is 2. The van der Waals surface area contributed by atoms with Crippen LogP contribution >= 0.6 is 11.3 Å². The van der Waals surface area contributed by atoms with Gasteiger partial charge in [0, 0.05) is 36.7 Å². The van der Waals surface area contributed by atoms with Crippen LogP contribution in [0.25, 0.3) is 21.9 Å². The van der Waals surface area contributed by atoms with Crippen molar-refractivity contribution in [2.24, 2.45) is 5.92 Å². The average molecular weight is 619 g/mol. The summed E-state index contributed by atoms with van der Waals surface area (Å²) in [6.45, 7) is 4.09. The molecule has 44 heavy (non-hydrogen) atoms. The number of oxazole rings is 1. The molecule has 0 aliphatic carbocycles. The summed E-state index contributed by atoms with van der Waals surface area (Å²) in [4.78, 5) is 40.0. The van der Waals surface area contributed by atoms with Crippen molar-refractivity contribution >= 4 is 23.2 Å². The van der Waals surface area contributed by atoms with Crippen LogP contribution in [0.5, 0.6) is 0 Å². The van der Waals surface area contributed by atoms with Crippen LogP contribution < -0.4 is 5.32 Å². The number of pyridine rings is 1. The normalized spacial score (nSPS) is 18.1. The summed E-state index contributed by atoms with van der Waals surface area (Å²) in [5, 5.41) is 2.79. The summed E-state index contributed by atoms with van der Waals surface area (Å²) in [5.74, 6) is -0.719. The van der Waals surface area contributed by atoms with Gasteiger partial charge in [-0.15, -0.1) is 11.3 Å². The lowest BCUT2D eigenvalue weighted by molar-refractivity contribution is 0.0639. The maximum absolute atomic E-state index is 13.9. The monoisotopic (exact) mass is 618 g/mol. The SMILES string of the molecule is Cc1cnc(-c2c(CCC3CCOCC3)nc3c(c2-c2ccc(C(=O)NCc4ccc(F)c(F)c4)s2)C(=O)N2CCCC32)o1. The molecule has 4 aromatic rings. The quantitative estimate of drug-likeness (QED) is 0.238. The van der Waals surface area contributed by atoms with Gasteiger partial charge in [-0.3, -0.25) is 14.6 Å². The van der Waals surface area contributed by atoms with Gasteiger partial charge < -0.3 is 19.4 Å². The number of ether oxygens (including phenoxy) is 1. The zero-order valence-electron chi connectivity index (χ0n) is 24.3. The highest BCUT2D eigenvalue weighted by molar-refractivity contribution is 7.17. The number of hydrogen-bond acceptors (Lipinski definition) is 7. The molecule has 2 fully saturated rings. The predicted molar refractivity (Wildman–Crippen MR) is 160 cm³/mol. The van der Waals surface area contributed by atoms with Gasteiger partial charge in [0.05, 0.1) is 39.6 Å². The number of thiophene rings is 1. The molecule has 2 saturated heterocycles. The molecule has 1 atom stereocenters. The van der Waals surface area contributed by atoms with Gasteiger partial charge in [-0.2, -0.15) is 0 Å². The second-order valence-electron chi connectivity index (χ2n) is 11.7. The Morgan fingerprint density at radius 1 is 1.09 bits per heavy atom. The Bertz CT molecular complexity index is 1750. The third kappa shape index (κ3) is 5.32. The number of carbonyl (C=O) groups excluding carboxylic acids is 2. The predicted octanol–water partition coefficient (Wildman–Crippen LogP) is 6.63. The van der Waals surface area contributed by atoms with E-state index in [1.165, 1.54) is 17.4 Å². The number of fused-ring (bicyclic) bond motifs is 3. The van der Waals surface area contributed by atoms with Crippen LogP contribution in [-0.4, -0.2) is 46.4 Å². The summed E-state index contributed by atoms with van der Waals surface area (Å²) in [7, 11) is 0. The van der Waals surface area contributed by atoms with E-state index in [1.807, 2.05) is 17.9 Å². The van der Waals surface area contributed by atoms with Gasteiger partial charge >= 0.3 is 0 Å². The second-order valence-corrected chi connectivity index (χ2v) is 12.8. The Morgan fingerprint density at radius 3 is 2.70 bits per heavy atom. The summed E-state index contributed by atoms with van der Waals surface area (Å²) < 4.78 is 38.7. The molecule has 1 aromatic carbocycles. The van der Waals surface area contributed by atoms with Crippen molar-refractivity contribution in [2.75, 3.05) is 19.8 Å². The van der Waals surface area contributed by atoms with E-state index in [0.717, 1.165) is 73.7 Å². The van der Waals surface area contributed by atoms with Gasteiger partial charge in [0.2, 0.25) is 5.89 Å². The minimum Gasteiger partial charge on any atom is -0.441 e. The zero-order valence-corrected chi connectivity index (χ0v) is 25.1. The molecule has 7 rings (SSSR count). The van der Waals surface area contributed by atoms with Crippen molar-refractivity contribution in [1.82, 2.24) is 20.2 Å². The number of amides is 2. The van der Waals surface area contributed by atoms with Crippen molar-refractivity contribution in [3.05, 3.63) is 81.3 Å². The maximum Gasteiger partial charge on any atom is 0.261 e. The lowest BCUT2D eigenvalue weighted by Crippen LogP contribution is -2.23. The van der Waals surface area contributed by atoms with Gasteiger partial charge in [-0.25, -0.2) is 13.8 Å². The van der Waals surface area contributed by atoms with Crippen molar-refractivity contribution in [2.45, 2.75) is 58.0 Å². The standard InChI is InChI=1S/C33H32F2N4O4S/c1-18-16-37-32(43-18)27-23(7-5-19-10-13-42-14-11-19)38-30-24-3-2-12-39(24)33(41)29(30)28(27)25-8-9-26(44-25)31(40)36-17-20-4-6-21(34)22(35)15-20/h4,6,8-9,15-16,19,24H,2-3,5,7,10-14,17H2,1H3,(H,36,40). The first-order chi connectivity index (χ1) is 21.4.